The highest BCUT2D eigenvalue weighted by Crippen LogP contribution is 2.43. The minimum absolute atomic E-state index is 0.0269. The Morgan fingerprint density at radius 3 is 2.96 bits per heavy atom. The van der Waals surface area contributed by atoms with Crippen LogP contribution in [0.3, 0.4) is 0 Å². The summed E-state index contributed by atoms with van der Waals surface area (Å²) in [6.45, 7) is 0.547. The van der Waals surface area contributed by atoms with E-state index in [0.29, 0.717) is 18.4 Å². The third-order valence-corrected chi connectivity index (χ3v) is 5.79. The lowest BCUT2D eigenvalue weighted by atomic mass is 9.93. The van der Waals surface area contributed by atoms with Crippen LogP contribution >= 0.6 is 0 Å². The quantitative estimate of drug-likeness (QED) is 0.864. The monoisotopic (exact) mass is 347 g/mol. The highest BCUT2D eigenvalue weighted by Gasteiger charge is 2.40. The Kier molecular flexibility index (Phi) is 3.73. The van der Waals surface area contributed by atoms with Crippen LogP contribution in [-0.2, 0) is 11.2 Å². The molecule has 5 heteroatoms. The number of hydrogen-bond acceptors (Lipinski definition) is 4. The van der Waals surface area contributed by atoms with Crippen molar-refractivity contribution in [3.8, 4) is 17.0 Å². The molecule has 1 unspecified atom stereocenters. The number of carbonyl (C=O) groups excluding carboxylic acids is 1. The third-order valence-electron chi connectivity index (χ3n) is 5.79. The molecule has 1 amide bonds. The summed E-state index contributed by atoms with van der Waals surface area (Å²) in [5.74, 6) is 2.23. The molecule has 1 aromatic heterocycles. The van der Waals surface area contributed by atoms with E-state index < -0.39 is 0 Å². The van der Waals surface area contributed by atoms with Gasteiger partial charge >= 0.3 is 0 Å². The summed E-state index contributed by atoms with van der Waals surface area (Å²) in [5.41, 5.74) is 2.93. The molecule has 2 aliphatic carbocycles. The maximum absolute atomic E-state index is 12.5. The van der Waals surface area contributed by atoms with Crippen LogP contribution in [0.15, 0.2) is 48.9 Å². The second-order valence-electron chi connectivity index (χ2n) is 7.46. The van der Waals surface area contributed by atoms with Crippen molar-refractivity contribution in [2.24, 2.45) is 17.8 Å². The van der Waals surface area contributed by atoms with Crippen molar-refractivity contribution in [1.29, 1.82) is 0 Å². The van der Waals surface area contributed by atoms with Gasteiger partial charge in [-0.25, -0.2) is 0 Å². The van der Waals surface area contributed by atoms with E-state index >= 15 is 0 Å². The number of amides is 1. The van der Waals surface area contributed by atoms with Gasteiger partial charge in [0.25, 0.3) is 0 Å². The van der Waals surface area contributed by atoms with Crippen molar-refractivity contribution in [2.75, 3.05) is 6.54 Å². The molecule has 5 nitrogen and oxygen atoms in total. The molecule has 2 aromatic rings. The number of ether oxygens (including phenoxy) is 1. The number of para-hydroxylation sites is 1. The maximum atomic E-state index is 12.5. The Balaban J connectivity index is 1.25. The van der Waals surface area contributed by atoms with Crippen LogP contribution < -0.4 is 10.1 Å². The van der Waals surface area contributed by atoms with Crippen LogP contribution in [0.1, 0.15) is 18.4 Å². The van der Waals surface area contributed by atoms with E-state index in [9.17, 15) is 4.79 Å². The Labute approximate surface area is 152 Å². The number of benzene rings is 1. The van der Waals surface area contributed by atoms with Crippen LogP contribution in [0.5, 0.6) is 5.75 Å². The van der Waals surface area contributed by atoms with E-state index in [0.717, 1.165) is 41.8 Å². The average molecular weight is 347 g/mol. The first kappa shape index (κ1) is 15.6. The van der Waals surface area contributed by atoms with E-state index in [1.807, 2.05) is 12.1 Å². The molecular weight excluding hydrogens is 326 g/mol. The van der Waals surface area contributed by atoms with Gasteiger partial charge in [0.15, 0.2) is 0 Å². The molecule has 3 aliphatic rings. The van der Waals surface area contributed by atoms with Gasteiger partial charge in [0.2, 0.25) is 5.91 Å². The van der Waals surface area contributed by atoms with E-state index in [1.165, 1.54) is 0 Å². The molecule has 2 heterocycles. The van der Waals surface area contributed by atoms with Crippen molar-refractivity contribution in [1.82, 2.24) is 15.3 Å². The summed E-state index contributed by atoms with van der Waals surface area (Å²) in [6, 6.07) is 6.11. The molecule has 0 saturated heterocycles. The number of nitrogens with zero attached hydrogens (tertiary/aromatic N) is 2. The number of carbonyl (C=O) groups is 1. The molecule has 26 heavy (non-hydrogen) atoms. The zero-order valence-corrected chi connectivity index (χ0v) is 14.5. The van der Waals surface area contributed by atoms with Gasteiger partial charge in [0.05, 0.1) is 18.4 Å². The average Bonchev–Trinajstić information content (AvgIpc) is 3.41. The smallest absolute Gasteiger partial charge is 0.223 e. The molecule has 1 aromatic carbocycles. The van der Waals surface area contributed by atoms with Crippen LogP contribution in [0, 0.1) is 17.8 Å². The largest absolute Gasteiger partial charge is 0.487 e. The Hall–Kier alpha value is -2.69. The number of rotatable bonds is 4. The molecule has 1 saturated carbocycles. The topological polar surface area (TPSA) is 64.1 Å². The number of allylic oxidation sites excluding steroid dienone is 2. The second kappa shape index (κ2) is 6.24. The van der Waals surface area contributed by atoms with E-state index in [-0.39, 0.29) is 17.9 Å². The summed E-state index contributed by atoms with van der Waals surface area (Å²) in [4.78, 5) is 21.1. The molecule has 1 N–H and O–H groups in total. The molecule has 0 radical (unpaired) electrons. The van der Waals surface area contributed by atoms with Gasteiger partial charge in [-0.2, -0.15) is 0 Å². The Bertz CT molecular complexity index is 865. The van der Waals surface area contributed by atoms with Crippen LogP contribution in [-0.4, -0.2) is 28.5 Å². The normalized spacial score (nSPS) is 28.0. The van der Waals surface area contributed by atoms with Gasteiger partial charge < -0.3 is 10.1 Å². The zero-order valence-electron chi connectivity index (χ0n) is 14.5. The molecule has 2 bridgehead atoms. The predicted molar refractivity (Wildman–Crippen MR) is 97.4 cm³/mol. The van der Waals surface area contributed by atoms with E-state index in [1.54, 1.807) is 18.6 Å². The molecule has 1 fully saturated rings. The minimum atomic E-state index is -0.0269. The lowest BCUT2D eigenvalue weighted by Gasteiger charge is -2.19. The van der Waals surface area contributed by atoms with Gasteiger partial charge in [0.1, 0.15) is 11.9 Å². The standard InChI is InChI=1S/C21H21N3O2/c25-21(18-9-13-4-5-14(18)8-13)24-11-16-10-15-2-1-3-17(20(15)26-16)19-12-22-6-7-23-19/h1-7,12-14,16,18H,8-11H2,(H,24,25)/t13-,14+,16?,18+/m1/s1. The molecule has 1 aliphatic heterocycles. The summed E-state index contributed by atoms with van der Waals surface area (Å²) in [6.07, 6.45) is 12.5. The van der Waals surface area contributed by atoms with Crippen molar-refractivity contribution < 1.29 is 9.53 Å². The lowest BCUT2D eigenvalue weighted by molar-refractivity contribution is -0.126. The summed E-state index contributed by atoms with van der Waals surface area (Å²) in [5, 5.41) is 3.12. The maximum Gasteiger partial charge on any atom is 0.223 e. The van der Waals surface area contributed by atoms with Gasteiger partial charge in [-0.1, -0.05) is 24.3 Å². The highest BCUT2D eigenvalue weighted by molar-refractivity contribution is 5.80. The minimum Gasteiger partial charge on any atom is -0.487 e. The fourth-order valence-corrected chi connectivity index (χ4v) is 4.52. The SMILES string of the molecule is O=C(NCC1Cc2cccc(-c3cnccn3)c2O1)[C@H]1C[C@@H]2C=C[C@H]1C2. The third kappa shape index (κ3) is 2.68. The van der Waals surface area contributed by atoms with Gasteiger partial charge in [0, 0.05) is 30.3 Å². The van der Waals surface area contributed by atoms with Crippen molar-refractivity contribution in [3.63, 3.8) is 0 Å². The molecule has 5 rings (SSSR count). The molecule has 0 spiro atoms. The van der Waals surface area contributed by atoms with Crippen molar-refractivity contribution in [2.45, 2.75) is 25.4 Å². The van der Waals surface area contributed by atoms with Crippen LogP contribution in [0.2, 0.25) is 0 Å². The van der Waals surface area contributed by atoms with Gasteiger partial charge in [-0.05, 0) is 36.3 Å². The molecule has 4 atom stereocenters. The van der Waals surface area contributed by atoms with Crippen molar-refractivity contribution in [3.05, 3.63) is 54.5 Å². The van der Waals surface area contributed by atoms with E-state index in [2.05, 4.69) is 33.5 Å². The first-order valence-corrected chi connectivity index (χ1v) is 9.29. The molecular formula is C21H21N3O2. The number of fused-ring (bicyclic) bond motifs is 3. The Morgan fingerprint density at radius 1 is 1.23 bits per heavy atom. The number of nitrogens with one attached hydrogen (secondary N) is 1. The van der Waals surface area contributed by atoms with Crippen LogP contribution in [0.4, 0.5) is 0 Å². The summed E-state index contributed by atoms with van der Waals surface area (Å²) < 4.78 is 6.17. The number of aromatic nitrogens is 2. The van der Waals surface area contributed by atoms with Crippen molar-refractivity contribution >= 4 is 5.91 Å². The van der Waals surface area contributed by atoms with Crippen LogP contribution in [0.25, 0.3) is 11.3 Å². The number of hydrogen-bond donors (Lipinski definition) is 1. The fourth-order valence-electron chi connectivity index (χ4n) is 4.52. The zero-order chi connectivity index (χ0) is 17.5. The summed E-state index contributed by atoms with van der Waals surface area (Å²) in [7, 11) is 0. The molecule has 132 valence electrons. The summed E-state index contributed by atoms with van der Waals surface area (Å²) >= 11 is 0. The first-order valence-electron chi connectivity index (χ1n) is 9.29. The Morgan fingerprint density at radius 2 is 2.19 bits per heavy atom. The fraction of sp³-hybridized carbons (Fsp3) is 0.381. The first-order chi connectivity index (χ1) is 12.8. The second-order valence-corrected chi connectivity index (χ2v) is 7.46. The highest BCUT2D eigenvalue weighted by atomic mass is 16.5. The lowest BCUT2D eigenvalue weighted by Crippen LogP contribution is -2.39. The van der Waals surface area contributed by atoms with Gasteiger partial charge in [-0.15, -0.1) is 0 Å². The van der Waals surface area contributed by atoms with Gasteiger partial charge in [-0.3, -0.25) is 14.8 Å². The van der Waals surface area contributed by atoms with E-state index in [4.69, 9.17) is 4.74 Å². The predicted octanol–water partition coefficient (Wildman–Crippen LogP) is 2.78.